The van der Waals surface area contributed by atoms with Gasteiger partial charge in [0.05, 0.1) is 6.61 Å². The van der Waals surface area contributed by atoms with E-state index in [1.807, 2.05) is 0 Å². The number of unbranched alkanes of at least 4 members (excludes halogenated alkanes) is 31. The van der Waals surface area contributed by atoms with Crippen LogP contribution in [0.15, 0.2) is 85.1 Å². The highest BCUT2D eigenvalue weighted by Crippen LogP contribution is 2.27. The second-order valence-corrected chi connectivity index (χ2v) is 23.5. The molecule has 0 aromatic heterocycles. The van der Waals surface area contributed by atoms with Gasteiger partial charge in [-0.3, -0.25) is 14.4 Å². The quantitative estimate of drug-likeness (QED) is 0.0228. The molecule has 12 heteroatoms. The molecule has 0 radical (unpaired) electrons. The summed E-state index contributed by atoms with van der Waals surface area (Å²) >= 11 is 0. The molecule has 12 nitrogen and oxygen atoms in total. The van der Waals surface area contributed by atoms with Crippen molar-refractivity contribution in [3.63, 3.8) is 0 Å². The van der Waals surface area contributed by atoms with Gasteiger partial charge in [-0.25, -0.2) is 4.79 Å². The van der Waals surface area contributed by atoms with E-state index in [1.165, 1.54) is 109 Å². The lowest BCUT2D eigenvalue weighted by molar-refractivity contribution is -0.301. The van der Waals surface area contributed by atoms with Crippen molar-refractivity contribution >= 4 is 23.9 Å². The van der Waals surface area contributed by atoms with E-state index in [1.54, 1.807) is 0 Å². The predicted molar refractivity (Wildman–Crippen MR) is 349 cm³/mol. The van der Waals surface area contributed by atoms with Gasteiger partial charge in [0.2, 0.25) is 0 Å². The molecule has 1 fully saturated rings. The molecule has 6 unspecified atom stereocenters. The van der Waals surface area contributed by atoms with Crippen molar-refractivity contribution in [2.75, 3.05) is 13.2 Å². The first-order valence-electron chi connectivity index (χ1n) is 34.6. The summed E-state index contributed by atoms with van der Waals surface area (Å²) in [6, 6.07) is 0. The molecule has 3 N–H and O–H groups in total. The zero-order valence-corrected chi connectivity index (χ0v) is 54.1. The molecule has 6 atom stereocenters. The highest BCUT2D eigenvalue weighted by molar-refractivity contribution is 5.74. The van der Waals surface area contributed by atoms with E-state index in [-0.39, 0.29) is 25.9 Å². The number of ether oxygens (including phenoxy) is 5. The number of hydrogen-bond donors (Lipinski definition) is 3. The summed E-state index contributed by atoms with van der Waals surface area (Å²) in [5, 5.41) is 31.7. The lowest BCUT2D eigenvalue weighted by Gasteiger charge is -2.40. The molecular formula is C73H124O12. The molecule has 1 heterocycles. The summed E-state index contributed by atoms with van der Waals surface area (Å²) < 4.78 is 28.6. The average molecular weight is 1190 g/mol. The SMILES string of the molecule is CCCCC/C=C\C/C=C\C/C=C\CCCCCCCCC(=O)OCC(COC1OC(C(=O)O)C(O)C(O)C1OC(=O)CCCCCCCC/C=C\C/C=C\C/C=C\CCCCC)OC(=O)CCCCCCCCC/C=C\CCCCCCCC. The summed E-state index contributed by atoms with van der Waals surface area (Å²) in [5.41, 5.74) is 0. The van der Waals surface area contributed by atoms with E-state index >= 15 is 0 Å². The van der Waals surface area contributed by atoms with Crippen molar-refractivity contribution < 1.29 is 58.2 Å². The lowest BCUT2D eigenvalue weighted by atomic mass is 9.98. The Labute approximate surface area is 518 Å². The summed E-state index contributed by atoms with van der Waals surface area (Å²) in [4.78, 5) is 51.5. The number of rotatable bonds is 59. The van der Waals surface area contributed by atoms with Crippen molar-refractivity contribution in [1.82, 2.24) is 0 Å². The smallest absolute Gasteiger partial charge is 0.335 e. The van der Waals surface area contributed by atoms with Gasteiger partial charge in [0.1, 0.15) is 18.8 Å². The number of carboxylic acids is 1. The standard InChI is InChI=1S/C73H124O12/c1-4-7-10-13-16-19-22-25-28-31-33-36-38-41-44-47-50-53-56-59-65(74)81-62-64(83-66(75)60-57-54-51-48-45-42-39-35-30-27-24-21-18-15-12-9-6-3)63-82-73-71(69(78)68(77)70(85-73)72(79)80)84-67(76)61-58-55-52-49-46-43-40-37-34-32-29-26-23-20-17-14-11-8-5-2/h16-17,19-20,25-30,33-34,36-37,64,68-71,73,77-78H,4-15,18,21-24,31-32,35,38-63H2,1-3H3,(H,79,80)/b19-16-,20-17-,28-25-,29-26-,30-27-,36-33-,37-34-. The second-order valence-electron chi connectivity index (χ2n) is 23.5. The molecule has 488 valence electrons. The third-order valence-electron chi connectivity index (χ3n) is 15.4. The fourth-order valence-corrected chi connectivity index (χ4v) is 10.1. The first-order valence-corrected chi connectivity index (χ1v) is 34.6. The van der Waals surface area contributed by atoms with Crippen LogP contribution >= 0.6 is 0 Å². The normalized spacial score (nSPS) is 18.0. The van der Waals surface area contributed by atoms with Crippen molar-refractivity contribution in [2.45, 2.75) is 340 Å². The predicted octanol–water partition coefficient (Wildman–Crippen LogP) is 19.0. The van der Waals surface area contributed by atoms with Crippen LogP contribution in [0.4, 0.5) is 0 Å². The Hall–Kier alpha value is -4.10. The molecule has 1 aliphatic rings. The molecule has 0 aromatic rings. The summed E-state index contributed by atoms with van der Waals surface area (Å²) in [6.07, 6.45) is 66.7. The Kier molecular flexibility index (Phi) is 55.9. The number of carbonyl (C=O) groups excluding carboxylic acids is 3. The van der Waals surface area contributed by atoms with Gasteiger partial charge < -0.3 is 39.0 Å². The molecule has 0 amide bonds. The lowest BCUT2D eigenvalue weighted by Crippen LogP contribution is -2.61. The Balaban J connectivity index is 2.66. The van der Waals surface area contributed by atoms with Crippen molar-refractivity contribution in [1.29, 1.82) is 0 Å². The molecule has 0 spiro atoms. The maximum atomic E-state index is 13.2. The first kappa shape index (κ1) is 78.9. The Morgan fingerprint density at radius 3 is 1.11 bits per heavy atom. The van der Waals surface area contributed by atoms with Crippen molar-refractivity contribution in [3.05, 3.63) is 85.1 Å². The van der Waals surface area contributed by atoms with Gasteiger partial charge in [-0.15, -0.1) is 0 Å². The molecule has 0 bridgehead atoms. The van der Waals surface area contributed by atoms with Gasteiger partial charge in [0.25, 0.3) is 0 Å². The van der Waals surface area contributed by atoms with E-state index in [2.05, 4.69) is 106 Å². The molecule has 0 aliphatic carbocycles. The topological polar surface area (TPSA) is 175 Å². The fraction of sp³-hybridized carbons (Fsp3) is 0.753. The monoisotopic (exact) mass is 1190 g/mol. The largest absolute Gasteiger partial charge is 0.479 e. The van der Waals surface area contributed by atoms with Crippen molar-refractivity contribution in [2.24, 2.45) is 0 Å². The molecule has 1 saturated heterocycles. The van der Waals surface area contributed by atoms with E-state index in [0.717, 1.165) is 135 Å². The number of carboxylic acid groups (broad SMARTS) is 1. The number of carbonyl (C=O) groups is 4. The van der Waals surface area contributed by atoms with Gasteiger partial charge >= 0.3 is 23.9 Å². The van der Waals surface area contributed by atoms with E-state index in [9.17, 15) is 34.5 Å². The van der Waals surface area contributed by atoms with Crippen LogP contribution in [0, 0.1) is 0 Å². The van der Waals surface area contributed by atoms with Gasteiger partial charge in [0.15, 0.2) is 24.6 Å². The van der Waals surface area contributed by atoms with E-state index in [0.29, 0.717) is 19.3 Å². The van der Waals surface area contributed by atoms with Crippen LogP contribution in [-0.2, 0) is 42.9 Å². The van der Waals surface area contributed by atoms with Crippen LogP contribution in [-0.4, -0.2) is 89.2 Å². The van der Waals surface area contributed by atoms with Gasteiger partial charge in [-0.1, -0.05) is 247 Å². The number of aliphatic carboxylic acids is 1. The molecule has 1 rings (SSSR count). The minimum absolute atomic E-state index is 0.0420. The highest BCUT2D eigenvalue weighted by atomic mass is 16.7. The van der Waals surface area contributed by atoms with Crippen LogP contribution in [0.5, 0.6) is 0 Å². The van der Waals surface area contributed by atoms with Gasteiger partial charge in [-0.2, -0.15) is 0 Å². The van der Waals surface area contributed by atoms with Crippen LogP contribution in [0.25, 0.3) is 0 Å². The second kappa shape index (κ2) is 60.2. The molecule has 0 saturated carbocycles. The number of esters is 3. The van der Waals surface area contributed by atoms with Gasteiger partial charge in [-0.05, 0) is 122 Å². The molecule has 1 aliphatic heterocycles. The highest BCUT2D eigenvalue weighted by Gasteiger charge is 2.50. The van der Waals surface area contributed by atoms with Crippen LogP contribution in [0.3, 0.4) is 0 Å². The first-order chi connectivity index (χ1) is 41.6. The van der Waals surface area contributed by atoms with Gasteiger partial charge in [0, 0.05) is 19.3 Å². The maximum absolute atomic E-state index is 13.2. The summed E-state index contributed by atoms with van der Waals surface area (Å²) in [6.45, 7) is 5.96. The number of aliphatic hydroxyl groups is 2. The van der Waals surface area contributed by atoms with Crippen LogP contribution in [0.2, 0.25) is 0 Å². The Bertz CT molecular complexity index is 1800. The fourth-order valence-electron chi connectivity index (χ4n) is 10.1. The number of allylic oxidation sites excluding steroid dienone is 14. The molecule has 85 heavy (non-hydrogen) atoms. The summed E-state index contributed by atoms with van der Waals surface area (Å²) in [7, 11) is 0. The van der Waals surface area contributed by atoms with E-state index in [4.69, 9.17) is 23.7 Å². The zero-order valence-electron chi connectivity index (χ0n) is 54.1. The van der Waals surface area contributed by atoms with Crippen LogP contribution in [0.1, 0.15) is 303 Å². The average Bonchev–Trinajstić information content (AvgIpc) is 3.51. The third kappa shape index (κ3) is 49.6. The molecule has 0 aromatic carbocycles. The number of aliphatic hydroxyl groups excluding tert-OH is 2. The van der Waals surface area contributed by atoms with Crippen molar-refractivity contribution in [3.8, 4) is 0 Å². The Morgan fingerprint density at radius 2 is 0.706 bits per heavy atom. The summed E-state index contributed by atoms with van der Waals surface area (Å²) in [5.74, 6) is -3.15. The minimum Gasteiger partial charge on any atom is -0.479 e. The number of hydrogen-bond acceptors (Lipinski definition) is 11. The minimum atomic E-state index is -1.91. The van der Waals surface area contributed by atoms with Crippen LogP contribution < -0.4 is 0 Å². The Morgan fingerprint density at radius 1 is 0.388 bits per heavy atom. The maximum Gasteiger partial charge on any atom is 0.335 e. The third-order valence-corrected chi connectivity index (χ3v) is 15.4. The zero-order chi connectivity index (χ0) is 61.7. The van der Waals surface area contributed by atoms with E-state index < -0.39 is 67.3 Å². The molecular weight excluding hydrogens is 1070 g/mol.